The van der Waals surface area contributed by atoms with Crippen molar-refractivity contribution in [2.75, 3.05) is 5.32 Å². The molecule has 0 bridgehead atoms. The summed E-state index contributed by atoms with van der Waals surface area (Å²) in [5.41, 5.74) is 6.41. The van der Waals surface area contributed by atoms with Gasteiger partial charge in [0.2, 0.25) is 5.91 Å². The van der Waals surface area contributed by atoms with Gasteiger partial charge in [-0.3, -0.25) is 4.79 Å². The first-order valence-corrected chi connectivity index (χ1v) is 6.81. The Bertz CT molecular complexity index is 608. The Hall–Kier alpha value is -2.14. The Morgan fingerprint density at radius 1 is 1.19 bits per heavy atom. The van der Waals surface area contributed by atoms with Crippen molar-refractivity contribution < 1.29 is 9.21 Å². The van der Waals surface area contributed by atoms with Gasteiger partial charge < -0.3 is 15.5 Å². The number of oxazole rings is 1. The van der Waals surface area contributed by atoms with Crippen LogP contribution >= 0.6 is 0 Å². The topological polar surface area (TPSA) is 81.2 Å². The highest BCUT2D eigenvalue weighted by molar-refractivity contribution is 5.95. The molecule has 0 radical (unpaired) electrons. The third-order valence-electron chi connectivity index (χ3n) is 4.04. The highest BCUT2D eigenvalue weighted by Gasteiger charge is 2.40. The molecule has 21 heavy (non-hydrogen) atoms. The summed E-state index contributed by atoms with van der Waals surface area (Å²) in [7, 11) is 0. The second-order valence-electron chi connectivity index (χ2n) is 6.24. The van der Waals surface area contributed by atoms with Gasteiger partial charge in [-0.15, -0.1) is 0 Å². The number of nitrogens with zero attached hydrogens (tertiary/aromatic N) is 1. The summed E-state index contributed by atoms with van der Waals surface area (Å²) in [5.74, 6) is 0.582. The maximum atomic E-state index is 12.4. The van der Waals surface area contributed by atoms with Crippen LogP contribution in [0.3, 0.4) is 0 Å². The molecule has 5 heteroatoms. The van der Waals surface area contributed by atoms with Crippen molar-refractivity contribution in [1.82, 2.24) is 4.98 Å². The van der Waals surface area contributed by atoms with Crippen LogP contribution in [0.15, 0.2) is 41.3 Å². The van der Waals surface area contributed by atoms with Gasteiger partial charge in [0.15, 0.2) is 12.2 Å². The molecule has 5 nitrogen and oxygen atoms in total. The third kappa shape index (κ3) is 3.13. The fourth-order valence-corrected chi connectivity index (χ4v) is 1.66. The molecule has 0 spiro atoms. The first-order chi connectivity index (χ1) is 9.72. The third-order valence-corrected chi connectivity index (χ3v) is 4.04. The Morgan fingerprint density at radius 2 is 1.81 bits per heavy atom. The minimum Gasteiger partial charge on any atom is -0.444 e. The van der Waals surface area contributed by atoms with E-state index in [0.717, 1.165) is 11.3 Å². The molecule has 1 aromatic carbocycles. The van der Waals surface area contributed by atoms with Crippen LogP contribution in [0.2, 0.25) is 0 Å². The maximum Gasteiger partial charge on any atom is 0.231 e. The van der Waals surface area contributed by atoms with E-state index >= 15 is 0 Å². The van der Waals surface area contributed by atoms with Gasteiger partial charge in [0.05, 0.1) is 11.6 Å². The fraction of sp³-hybridized carbons (Fsp3) is 0.375. The molecule has 0 fully saturated rings. The average molecular weight is 287 g/mol. The number of carbonyl (C=O) groups is 1. The van der Waals surface area contributed by atoms with Crippen molar-refractivity contribution in [2.24, 2.45) is 11.1 Å². The normalized spacial score (nSPS) is 12.2. The van der Waals surface area contributed by atoms with Crippen molar-refractivity contribution in [3.63, 3.8) is 0 Å². The minimum atomic E-state index is -0.684. The van der Waals surface area contributed by atoms with E-state index in [4.69, 9.17) is 10.2 Å². The van der Waals surface area contributed by atoms with Gasteiger partial charge in [0.25, 0.3) is 0 Å². The lowest BCUT2D eigenvalue weighted by Crippen LogP contribution is -2.53. The summed E-state index contributed by atoms with van der Waals surface area (Å²) in [6, 6.07) is 7.40. The molecule has 1 heterocycles. The number of hydrogen-bond donors (Lipinski definition) is 2. The molecule has 0 aliphatic rings. The monoisotopic (exact) mass is 287 g/mol. The molecule has 0 aliphatic heterocycles. The van der Waals surface area contributed by atoms with Gasteiger partial charge in [-0.25, -0.2) is 4.98 Å². The first-order valence-electron chi connectivity index (χ1n) is 6.81. The van der Waals surface area contributed by atoms with Crippen LogP contribution < -0.4 is 11.1 Å². The molecule has 0 saturated carbocycles. The number of nitrogens with one attached hydrogen (secondary N) is 1. The maximum absolute atomic E-state index is 12.4. The number of rotatable bonds is 4. The summed E-state index contributed by atoms with van der Waals surface area (Å²) >= 11 is 0. The average Bonchev–Trinajstić information content (AvgIpc) is 2.92. The number of anilines is 1. The predicted molar refractivity (Wildman–Crippen MR) is 82.6 cm³/mol. The second kappa shape index (κ2) is 5.33. The van der Waals surface area contributed by atoms with E-state index < -0.39 is 11.0 Å². The fourth-order valence-electron chi connectivity index (χ4n) is 1.66. The molecular weight excluding hydrogens is 266 g/mol. The van der Waals surface area contributed by atoms with E-state index in [1.54, 1.807) is 6.20 Å². The number of carbonyl (C=O) groups excluding carboxylic acids is 1. The van der Waals surface area contributed by atoms with E-state index in [9.17, 15) is 4.79 Å². The van der Waals surface area contributed by atoms with Crippen LogP contribution in [-0.4, -0.2) is 16.4 Å². The van der Waals surface area contributed by atoms with Crippen molar-refractivity contribution in [3.05, 3.63) is 36.9 Å². The number of hydrogen-bond acceptors (Lipinski definition) is 4. The first kappa shape index (κ1) is 15.3. The SMILES string of the molecule is CC(C)(N)C(C)(C)C(=O)Nc1ccc(-c2cnco2)cc1. The standard InChI is InChI=1S/C16H21N3O2/c1-15(2,16(3,4)17)14(20)19-12-7-5-11(6-8-12)13-9-18-10-21-13/h5-10H,17H2,1-4H3,(H,19,20). The smallest absolute Gasteiger partial charge is 0.231 e. The van der Waals surface area contributed by atoms with Crippen molar-refractivity contribution in [2.45, 2.75) is 33.2 Å². The summed E-state index contributed by atoms with van der Waals surface area (Å²) in [5, 5.41) is 2.90. The Kier molecular flexibility index (Phi) is 3.87. The molecule has 0 saturated heterocycles. The number of aromatic nitrogens is 1. The molecule has 112 valence electrons. The van der Waals surface area contributed by atoms with Gasteiger partial charge in [-0.1, -0.05) is 0 Å². The van der Waals surface area contributed by atoms with E-state index in [1.165, 1.54) is 6.39 Å². The molecule has 3 N–H and O–H groups in total. The lowest BCUT2D eigenvalue weighted by Gasteiger charge is -2.36. The molecule has 0 aliphatic carbocycles. The quantitative estimate of drug-likeness (QED) is 0.905. The number of nitrogens with two attached hydrogens (primary N) is 1. The predicted octanol–water partition coefficient (Wildman–Crippen LogP) is 3.04. The number of amides is 1. The van der Waals surface area contributed by atoms with Gasteiger partial charge in [-0.2, -0.15) is 0 Å². The van der Waals surface area contributed by atoms with Crippen molar-refractivity contribution >= 4 is 11.6 Å². The summed E-state index contributed by atoms with van der Waals surface area (Å²) < 4.78 is 5.22. The molecule has 0 unspecified atom stereocenters. The van der Waals surface area contributed by atoms with Crippen LogP contribution in [0.4, 0.5) is 5.69 Å². The zero-order valence-electron chi connectivity index (χ0n) is 12.8. The van der Waals surface area contributed by atoms with E-state index in [0.29, 0.717) is 5.76 Å². The summed E-state index contributed by atoms with van der Waals surface area (Å²) in [6.07, 6.45) is 3.03. The molecule has 0 atom stereocenters. The second-order valence-corrected chi connectivity index (χ2v) is 6.24. The van der Waals surface area contributed by atoms with Gasteiger partial charge in [0.1, 0.15) is 0 Å². The molecule has 1 amide bonds. The van der Waals surface area contributed by atoms with E-state index in [2.05, 4.69) is 10.3 Å². The number of benzene rings is 1. The van der Waals surface area contributed by atoms with E-state index in [1.807, 2.05) is 52.0 Å². The molecule has 2 aromatic rings. The Labute approximate surface area is 124 Å². The van der Waals surface area contributed by atoms with Crippen LogP contribution in [0.5, 0.6) is 0 Å². The van der Waals surface area contributed by atoms with Gasteiger partial charge in [-0.05, 0) is 52.0 Å². The highest BCUT2D eigenvalue weighted by atomic mass is 16.3. The van der Waals surface area contributed by atoms with Crippen LogP contribution in [0.1, 0.15) is 27.7 Å². The molecular formula is C16H21N3O2. The van der Waals surface area contributed by atoms with E-state index in [-0.39, 0.29) is 5.91 Å². The van der Waals surface area contributed by atoms with Crippen molar-refractivity contribution in [3.8, 4) is 11.3 Å². The minimum absolute atomic E-state index is 0.109. The zero-order valence-corrected chi connectivity index (χ0v) is 12.8. The van der Waals surface area contributed by atoms with Crippen LogP contribution in [-0.2, 0) is 4.79 Å². The Morgan fingerprint density at radius 3 is 2.29 bits per heavy atom. The lowest BCUT2D eigenvalue weighted by molar-refractivity contribution is -0.126. The Balaban J connectivity index is 2.12. The largest absolute Gasteiger partial charge is 0.444 e. The lowest BCUT2D eigenvalue weighted by atomic mass is 9.74. The summed E-state index contributed by atoms with van der Waals surface area (Å²) in [4.78, 5) is 16.3. The molecule has 1 aromatic heterocycles. The summed E-state index contributed by atoms with van der Waals surface area (Å²) in [6.45, 7) is 7.37. The van der Waals surface area contributed by atoms with Gasteiger partial charge >= 0.3 is 0 Å². The zero-order chi connectivity index (χ0) is 15.7. The van der Waals surface area contributed by atoms with Crippen molar-refractivity contribution in [1.29, 1.82) is 0 Å². The highest BCUT2D eigenvalue weighted by Crippen LogP contribution is 2.30. The molecule has 2 rings (SSSR count). The van der Waals surface area contributed by atoms with Gasteiger partial charge in [0, 0.05) is 16.8 Å². The van der Waals surface area contributed by atoms with Crippen LogP contribution in [0, 0.1) is 5.41 Å². The van der Waals surface area contributed by atoms with Crippen LogP contribution in [0.25, 0.3) is 11.3 Å².